The Kier molecular flexibility index (Phi) is 3.74. The maximum Gasteiger partial charge on any atom is 0.401 e. The summed E-state index contributed by atoms with van der Waals surface area (Å²) in [5, 5.41) is 2.45. The molecule has 14 heavy (non-hydrogen) atoms. The van der Waals surface area contributed by atoms with Gasteiger partial charge in [-0.1, -0.05) is 0 Å². The molecule has 1 rings (SSSR count). The number of nitrogens with one attached hydrogen (secondary N) is 1. The molecule has 1 atom stereocenters. The van der Waals surface area contributed by atoms with Crippen molar-refractivity contribution in [1.82, 2.24) is 5.32 Å². The smallest absolute Gasteiger partial charge is 0.379 e. The van der Waals surface area contributed by atoms with Gasteiger partial charge in [-0.15, -0.1) is 0 Å². The van der Waals surface area contributed by atoms with E-state index in [-0.39, 0.29) is 13.2 Å². The number of hydrogen-bond donors (Lipinski definition) is 2. The first-order chi connectivity index (χ1) is 6.47. The minimum atomic E-state index is -4.19. The highest BCUT2D eigenvalue weighted by molar-refractivity contribution is 4.91. The third-order valence-corrected chi connectivity index (χ3v) is 2.38. The molecule has 84 valence electrons. The monoisotopic (exact) mass is 212 g/mol. The van der Waals surface area contributed by atoms with Gasteiger partial charge in [0, 0.05) is 13.2 Å². The number of alkyl halides is 3. The molecule has 1 aliphatic heterocycles. The number of halogens is 3. The normalized spacial score (nSPS) is 29.1. The van der Waals surface area contributed by atoms with Crippen molar-refractivity contribution in [3.8, 4) is 0 Å². The Bertz CT molecular complexity index is 178. The molecule has 1 heterocycles. The van der Waals surface area contributed by atoms with Gasteiger partial charge in [-0.2, -0.15) is 13.2 Å². The van der Waals surface area contributed by atoms with Crippen molar-refractivity contribution >= 4 is 0 Å². The molecule has 0 spiro atoms. The number of rotatable bonds is 3. The molecule has 0 amide bonds. The first-order valence-electron chi connectivity index (χ1n) is 4.57. The van der Waals surface area contributed by atoms with Crippen LogP contribution in [-0.4, -0.2) is 38.0 Å². The Labute approximate surface area is 80.8 Å². The number of ether oxygens (including phenoxy) is 1. The second-order valence-corrected chi connectivity index (χ2v) is 3.61. The molecule has 0 bridgehead atoms. The highest BCUT2D eigenvalue weighted by Crippen LogP contribution is 2.20. The zero-order chi connectivity index (χ0) is 10.7. The summed E-state index contributed by atoms with van der Waals surface area (Å²) in [6.07, 6.45) is -2.80. The van der Waals surface area contributed by atoms with E-state index in [2.05, 4.69) is 5.32 Å². The second-order valence-electron chi connectivity index (χ2n) is 3.61. The predicted molar refractivity (Wildman–Crippen MR) is 45.9 cm³/mol. The van der Waals surface area contributed by atoms with Crippen LogP contribution in [0.25, 0.3) is 0 Å². The molecule has 1 aliphatic rings. The molecule has 3 nitrogen and oxygen atoms in total. The molecular weight excluding hydrogens is 197 g/mol. The van der Waals surface area contributed by atoms with Crippen LogP contribution in [0.2, 0.25) is 0 Å². The number of nitrogens with two attached hydrogens (primary N) is 1. The van der Waals surface area contributed by atoms with Crippen LogP contribution >= 0.6 is 0 Å². The van der Waals surface area contributed by atoms with Crippen LogP contribution in [-0.2, 0) is 4.74 Å². The van der Waals surface area contributed by atoms with Crippen LogP contribution < -0.4 is 11.1 Å². The van der Waals surface area contributed by atoms with Gasteiger partial charge in [0.15, 0.2) is 0 Å². The SMILES string of the molecule is NCC1(NCC(F)(F)F)CCCOC1. The van der Waals surface area contributed by atoms with Crippen LogP contribution in [0.4, 0.5) is 13.2 Å². The molecule has 0 saturated carbocycles. The molecule has 0 radical (unpaired) electrons. The largest absolute Gasteiger partial charge is 0.401 e. The summed E-state index contributed by atoms with van der Waals surface area (Å²) in [4.78, 5) is 0. The first-order valence-corrected chi connectivity index (χ1v) is 4.57. The highest BCUT2D eigenvalue weighted by atomic mass is 19.4. The van der Waals surface area contributed by atoms with Gasteiger partial charge in [-0.3, -0.25) is 5.32 Å². The summed E-state index contributed by atoms with van der Waals surface area (Å²) >= 11 is 0. The average molecular weight is 212 g/mol. The van der Waals surface area contributed by atoms with Gasteiger partial charge in [0.25, 0.3) is 0 Å². The Morgan fingerprint density at radius 1 is 1.43 bits per heavy atom. The zero-order valence-electron chi connectivity index (χ0n) is 7.86. The first kappa shape index (κ1) is 11.7. The van der Waals surface area contributed by atoms with Crippen molar-refractivity contribution in [2.45, 2.75) is 24.6 Å². The van der Waals surface area contributed by atoms with Crippen molar-refractivity contribution in [2.24, 2.45) is 5.73 Å². The standard InChI is InChI=1S/C8H15F3N2O/c9-8(10,11)5-13-7(4-12)2-1-3-14-6-7/h13H,1-6,12H2. The Morgan fingerprint density at radius 3 is 2.57 bits per heavy atom. The van der Waals surface area contributed by atoms with Gasteiger partial charge in [-0.05, 0) is 12.8 Å². The highest BCUT2D eigenvalue weighted by Gasteiger charge is 2.36. The second kappa shape index (κ2) is 4.46. The molecule has 3 N–H and O–H groups in total. The van der Waals surface area contributed by atoms with Gasteiger partial charge in [-0.25, -0.2) is 0 Å². The van der Waals surface area contributed by atoms with Crippen LogP contribution in [0.15, 0.2) is 0 Å². The lowest BCUT2D eigenvalue weighted by Crippen LogP contribution is -2.58. The fourth-order valence-corrected chi connectivity index (χ4v) is 1.51. The maximum absolute atomic E-state index is 12.0. The van der Waals surface area contributed by atoms with Crippen molar-refractivity contribution in [2.75, 3.05) is 26.3 Å². The Morgan fingerprint density at radius 2 is 2.14 bits per heavy atom. The average Bonchev–Trinajstić information content (AvgIpc) is 2.15. The van der Waals surface area contributed by atoms with Gasteiger partial charge in [0.1, 0.15) is 0 Å². The van der Waals surface area contributed by atoms with E-state index in [0.717, 1.165) is 6.42 Å². The molecule has 0 aliphatic carbocycles. The number of hydrogen-bond acceptors (Lipinski definition) is 3. The Hall–Kier alpha value is -0.330. The summed E-state index contributed by atoms with van der Waals surface area (Å²) in [6.45, 7) is 0.0334. The van der Waals surface area contributed by atoms with Crippen molar-refractivity contribution in [3.63, 3.8) is 0 Å². The third-order valence-electron chi connectivity index (χ3n) is 2.38. The van der Waals surface area contributed by atoms with E-state index in [4.69, 9.17) is 10.5 Å². The third kappa shape index (κ3) is 3.43. The van der Waals surface area contributed by atoms with Crippen molar-refractivity contribution in [3.05, 3.63) is 0 Å². The summed E-state index contributed by atoms with van der Waals surface area (Å²) in [5.41, 5.74) is 4.77. The van der Waals surface area contributed by atoms with E-state index >= 15 is 0 Å². The lowest BCUT2D eigenvalue weighted by atomic mass is 9.92. The quantitative estimate of drug-likeness (QED) is 0.722. The van der Waals surface area contributed by atoms with E-state index in [1.165, 1.54) is 0 Å². The minimum absolute atomic E-state index is 0.170. The fourth-order valence-electron chi connectivity index (χ4n) is 1.51. The molecule has 6 heteroatoms. The van der Waals surface area contributed by atoms with E-state index in [9.17, 15) is 13.2 Å². The minimum Gasteiger partial charge on any atom is -0.379 e. The molecule has 0 aromatic carbocycles. The molecule has 1 unspecified atom stereocenters. The van der Waals surface area contributed by atoms with E-state index in [1.807, 2.05) is 0 Å². The van der Waals surface area contributed by atoms with Gasteiger partial charge >= 0.3 is 6.18 Å². The molecular formula is C8H15F3N2O. The topological polar surface area (TPSA) is 47.3 Å². The molecule has 0 aromatic heterocycles. The predicted octanol–water partition coefficient (Wildman–Crippen LogP) is 0.646. The lowest BCUT2D eigenvalue weighted by Gasteiger charge is -2.37. The van der Waals surface area contributed by atoms with Gasteiger partial charge in [0.05, 0.1) is 18.7 Å². The van der Waals surface area contributed by atoms with Crippen LogP contribution in [0.3, 0.4) is 0 Å². The van der Waals surface area contributed by atoms with Crippen molar-refractivity contribution in [1.29, 1.82) is 0 Å². The van der Waals surface area contributed by atoms with E-state index in [0.29, 0.717) is 13.0 Å². The Balaban J connectivity index is 2.44. The molecule has 1 saturated heterocycles. The summed E-state index contributed by atoms with van der Waals surface area (Å²) in [6, 6.07) is 0. The lowest BCUT2D eigenvalue weighted by molar-refractivity contribution is -0.132. The van der Waals surface area contributed by atoms with Crippen LogP contribution in [0, 0.1) is 0 Å². The van der Waals surface area contributed by atoms with Crippen LogP contribution in [0.5, 0.6) is 0 Å². The maximum atomic E-state index is 12.0. The van der Waals surface area contributed by atoms with Crippen molar-refractivity contribution < 1.29 is 17.9 Å². The van der Waals surface area contributed by atoms with E-state index < -0.39 is 18.3 Å². The van der Waals surface area contributed by atoms with Gasteiger partial charge < -0.3 is 10.5 Å². The fraction of sp³-hybridized carbons (Fsp3) is 1.00. The molecule has 0 aromatic rings. The van der Waals surface area contributed by atoms with Gasteiger partial charge in [0.2, 0.25) is 0 Å². The summed E-state index contributed by atoms with van der Waals surface area (Å²) in [5.74, 6) is 0. The summed E-state index contributed by atoms with van der Waals surface area (Å²) in [7, 11) is 0. The van der Waals surface area contributed by atoms with Crippen LogP contribution in [0.1, 0.15) is 12.8 Å². The molecule has 1 fully saturated rings. The van der Waals surface area contributed by atoms with E-state index in [1.54, 1.807) is 0 Å². The summed E-state index contributed by atoms with van der Waals surface area (Å²) < 4.78 is 41.1. The zero-order valence-corrected chi connectivity index (χ0v) is 7.86.